The lowest BCUT2D eigenvalue weighted by molar-refractivity contribution is 0.563. The molecular formula is C88H130N8S4. The Morgan fingerprint density at radius 1 is 0.230 bits per heavy atom. The molecule has 0 fully saturated rings. The molecule has 0 saturated carbocycles. The highest BCUT2D eigenvalue weighted by Crippen LogP contribution is 2.42. The van der Waals surface area contributed by atoms with Crippen LogP contribution in [-0.2, 0) is 23.0 Å². The van der Waals surface area contributed by atoms with Crippen molar-refractivity contribution in [3.8, 4) is 45.6 Å². The molecule has 3 aromatic heterocycles. The van der Waals surface area contributed by atoms with Crippen LogP contribution in [-0.4, -0.2) is 62.9 Å². The molecule has 0 spiro atoms. The molecule has 9 rings (SSSR count). The molecule has 0 saturated heterocycles. The van der Waals surface area contributed by atoms with E-state index >= 15 is 0 Å². The first-order valence-electron chi connectivity index (χ1n) is 40.9. The molecule has 8 bridgehead atoms. The maximum Gasteiger partial charge on any atom is 0.164 e. The number of nitrogens with one attached hydrogen (secondary N) is 2. The van der Waals surface area contributed by atoms with E-state index in [9.17, 15) is 0 Å². The average molecular weight is 1430 g/mol. The minimum Gasteiger partial charge on any atom is -0.324 e. The van der Waals surface area contributed by atoms with Crippen LogP contribution in [0.25, 0.3) is 89.7 Å². The van der Waals surface area contributed by atoms with E-state index in [2.05, 4.69) is 161 Å². The number of rotatable bonds is 52. The predicted molar refractivity (Wildman–Crippen MR) is 447 cm³/mol. The maximum atomic E-state index is 5.65. The summed E-state index contributed by atoms with van der Waals surface area (Å²) >= 11 is 8.28. The van der Waals surface area contributed by atoms with Gasteiger partial charge in [-0.25, -0.2) is 29.9 Å². The van der Waals surface area contributed by atoms with Crippen LogP contribution in [0.4, 0.5) is 0 Å². The van der Waals surface area contributed by atoms with Crippen LogP contribution in [0.5, 0.6) is 0 Å². The highest BCUT2D eigenvalue weighted by molar-refractivity contribution is 7.99. The van der Waals surface area contributed by atoms with Crippen LogP contribution in [0.3, 0.4) is 0 Å². The molecule has 5 heterocycles. The zero-order chi connectivity index (χ0) is 69.9. The van der Waals surface area contributed by atoms with Crippen LogP contribution in [0, 0.1) is 27.7 Å². The molecule has 0 aliphatic carbocycles. The number of nitrogens with zero attached hydrogens (tertiary/aromatic N) is 6. The Bertz CT molecular complexity index is 3510. The number of benzene rings is 4. The SMILES string of the molecule is CCCCCCCCCCCCSCc1cc2c(cc1C)-c1nc-2nc2[nH]c(nc3nc(nc4[nH]c(n1)c1cc(CSCCCCCCCCCCCC)c(C)cc41)-c1cc(CSCCCCCCCCCCCC)c(C)cc1-3)c1cc(CSCCCCCCCCCCCC)c(C)cc21. The van der Waals surface area contributed by atoms with Gasteiger partial charge >= 0.3 is 0 Å². The average Bonchev–Trinajstić information content (AvgIpc) is 1.60. The van der Waals surface area contributed by atoms with Gasteiger partial charge < -0.3 is 9.97 Å². The number of fused-ring (bicyclic) bond motifs is 20. The fourth-order valence-corrected chi connectivity index (χ4v) is 19.0. The second-order valence-corrected chi connectivity index (χ2v) is 34.3. The van der Waals surface area contributed by atoms with Gasteiger partial charge in [0, 0.05) is 66.8 Å². The zero-order valence-corrected chi connectivity index (χ0v) is 67.1. The Hall–Kier alpha value is -4.36. The molecule has 8 nitrogen and oxygen atoms in total. The van der Waals surface area contributed by atoms with Crippen LogP contribution in [0.15, 0.2) is 48.5 Å². The van der Waals surface area contributed by atoms with Crippen molar-refractivity contribution >= 4 is 91.2 Å². The van der Waals surface area contributed by atoms with Gasteiger partial charge in [-0.05, 0) is 169 Å². The van der Waals surface area contributed by atoms with E-state index in [0.29, 0.717) is 23.3 Å². The zero-order valence-electron chi connectivity index (χ0n) is 63.9. The Labute approximate surface area is 623 Å². The predicted octanol–water partition coefficient (Wildman–Crippen LogP) is 28.7. The summed E-state index contributed by atoms with van der Waals surface area (Å²) in [4.78, 5) is 41.3. The van der Waals surface area contributed by atoms with Crippen molar-refractivity contribution in [1.82, 2.24) is 39.9 Å². The smallest absolute Gasteiger partial charge is 0.164 e. The number of aryl methyl sites for hydroxylation is 4. The number of aromatic nitrogens is 8. The van der Waals surface area contributed by atoms with E-state index in [4.69, 9.17) is 29.9 Å². The van der Waals surface area contributed by atoms with Crippen molar-refractivity contribution < 1.29 is 0 Å². The quantitative estimate of drug-likeness (QED) is 0.0358. The van der Waals surface area contributed by atoms with E-state index in [1.54, 1.807) is 0 Å². The van der Waals surface area contributed by atoms with Crippen molar-refractivity contribution in [2.24, 2.45) is 0 Å². The second kappa shape index (κ2) is 45.1. The summed E-state index contributed by atoms with van der Waals surface area (Å²) in [6.07, 6.45) is 54.4. The molecule has 12 heteroatoms. The number of unbranched alkanes of at least 4 members (excludes halogenated alkanes) is 36. The highest BCUT2D eigenvalue weighted by Gasteiger charge is 2.26. The number of hydrogen-bond donors (Lipinski definition) is 2. The molecule has 100 heavy (non-hydrogen) atoms. The minimum atomic E-state index is 0.675. The van der Waals surface area contributed by atoms with E-state index in [1.165, 1.54) is 324 Å². The lowest BCUT2D eigenvalue weighted by atomic mass is 10.0. The summed E-state index contributed by atoms with van der Waals surface area (Å²) < 4.78 is 0. The molecule has 0 unspecified atom stereocenters. The third kappa shape index (κ3) is 24.9. The van der Waals surface area contributed by atoms with Gasteiger partial charge in [0.15, 0.2) is 23.3 Å². The van der Waals surface area contributed by atoms with Crippen LogP contribution in [0.2, 0.25) is 0 Å². The Balaban J connectivity index is 1.07. The Morgan fingerprint density at radius 2 is 0.430 bits per heavy atom. The van der Waals surface area contributed by atoms with Gasteiger partial charge in [-0.15, -0.1) is 0 Å². The standard InChI is InChI=1S/C88H130N8S4/c1-9-13-17-21-25-29-33-37-41-45-49-97-61-69-57-77-73(53-65(69)5)81-89-85(77)93-82-74-54-66(6)70(62-98-50-46-42-38-34-30-26-22-18-14-10-2)58-78(74)87(90-82)95-84-76-56-68(8)72(64-100-52-48-44-40-36-32-28-24-20-16-12-4)60-80(76)88(92-84)96-83-75-55-67(7)71(59-79(75)86(91-83)94-81)63-99-51-47-43-39-35-31-27-23-19-15-11-3/h53-60H,9-52,61-64H2,1-8H3,(H2,89,90,91,92,93,94,95,96). The molecule has 7 aromatic rings. The van der Waals surface area contributed by atoms with Crippen molar-refractivity contribution in [1.29, 1.82) is 0 Å². The topological polar surface area (TPSA) is 109 Å². The highest BCUT2D eigenvalue weighted by atomic mass is 32.2. The molecule has 0 radical (unpaired) electrons. The summed E-state index contributed by atoms with van der Waals surface area (Å²) in [5.74, 6) is 11.2. The normalized spacial score (nSPS) is 12.1. The Kier molecular flexibility index (Phi) is 36.0. The van der Waals surface area contributed by atoms with E-state index in [-0.39, 0.29) is 0 Å². The number of thioether (sulfide) groups is 4. The third-order valence-corrected chi connectivity index (χ3v) is 25.6. The lowest BCUT2D eigenvalue weighted by Crippen LogP contribution is -1.92. The van der Waals surface area contributed by atoms with Crippen molar-refractivity contribution in [2.45, 2.75) is 335 Å². The molecule has 4 aromatic carbocycles. The minimum absolute atomic E-state index is 0.675. The monoisotopic (exact) mass is 1430 g/mol. The first kappa shape index (κ1) is 79.8. The number of H-pyrrole nitrogens is 2. The maximum absolute atomic E-state index is 5.65. The van der Waals surface area contributed by atoms with Crippen molar-refractivity contribution in [2.75, 3.05) is 23.0 Å². The summed E-state index contributed by atoms with van der Waals surface area (Å²) in [7, 11) is 0. The Morgan fingerprint density at radius 3 is 0.680 bits per heavy atom. The number of hydrogen-bond acceptors (Lipinski definition) is 10. The van der Waals surface area contributed by atoms with Gasteiger partial charge in [0.25, 0.3) is 0 Å². The molecular weight excluding hydrogens is 1300 g/mol. The summed E-state index contributed by atoms with van der Waals surface area (Å²) in [5, 5.41) is 4.21. The fraction of sp³-hybridized carbons (Fsp3) is 0.636. The van der Waals surface area contributed by atoms with Gasteiger partial charge in [0.2, 0.25) is 0 Å². The fourth-order valence-electron chi connectivity index (χ4n) is 14.7. The van der Waals surface area contributed by atoms with Crippen molar-refractivity contribution in [3.05, 3.63) is 93.0 Å². The van der Waals surface area contributed by atoms with E-state index < -0.39 is 0 Å². The van der Waals surface area contributed by atoms with E-state index in [0.717, 1.165) is 89.4 Å². The molecule has 0 atom stereocenters. The molecule has 2 aliphatic heterocycles. The largest absolute Gasteiger partial charge is 0.324 e. The van der Waals surface area contributed by atoms with Crippen LogP contribution < -0.4 is 0 Å². The van der Waals surface area contributed by atoms with Gasteiger partial charge in [-0.1, -0.05) is 259 Å². The molecule has 0 amide bonds. The van der Waals surface area contributed by atoms with Crippen LogP contribution >= 0.6 is 47.0 Å². The summed E-state index contributed by atoms with van der Waals surface area (Å²) in [6, 6.07) is 19.0. The second-order valence-electron chi connectivity index (χ2n) is 29.8. The van der Waals surface area contributed by atoms with Gasteiger partial charge in [-0.2, -0.15) is 47.0 Å². The lowest BCUT2D eigenvalue weighted by Gasteiger charge is -2.09. The summed E-state index contributed by atoms with van der Waals surface area (Å²) in [5.41, 5.74) is 17.6. The van der Waals surface area contributed by atoms with Crippen molar-refractivity contribution in [3.63, 3.8) is 0 Å². The van der Waals surface area contributed by atoms with Crippen LogP contribution in [0.1, 0.15) is 329 Å². The molecule has 546 valence electrons. The summed E-state index contributed by atoms with van der Waals surface area (Å²) in [6.45, 7) is 18.3. The molecule has 2 N–H and O–H groups in total. The first-order chi connectivity index (χ1) is 49.2. The van der Waals surface area contributed by atoms with E-state index in [1.807, 2.05) is 0 Å². The van der Waals surface area contributed by atoms with Gasteiger partial charge in [0.1, 0.15) is 22.6 Å². The first-order valence-corrected chi connectivity index (χ1v) is 45.5. The third-order valence-electron chi connectivity index (χ3n) is 21.3. The van der Waals surface area contributed by atoms with Gasteiger partial charge in [-0.3, -0.25) is 0 Å². The number of aromatic amines is 2. The molecule has 2 aliphatic rings. The van der Waals surface area contributed by atoms with Gasteiger partial charge in [0.05, 0.1) is 0 Å².